The number of hydrogen-bond donors (Lipinski definition) is 3. The molecule has 0 saturated carbocycles. The summed E-state index contributed by atoms with van der Waals surface area (Å²) in [7, 11) is 1.56. The average Bonchev–Trinajstić information content (AvgIpc) is 2.89. The molecule has 0 fully saturated rings. The number of benzene rings is 3. The van der Waals surface area contributed by atoms with Crippen LogP contribution in [0.3, 0.4) is 0 Å². The molecule has 37 heavy (non-hydrogen) atoms. The molecule has 3 aromatic rings. The molecule has 10 heteroatoms. The Morgan fingerprint density at radius 3 is 2.35 bits per heavy atom. The van der Waals surface area contributed by atoms with Gasteiger partial charge in [-0.25, -0.2) is 5.43 Å². The molecular formula is C27H27BrN4O5. The van der Waals surface area contributed by atoms with Gasteiger partial charge >= 0.3 is 11.8 Å². The molecule has 3 N–H and O–H groups in total. The van der Waals surface area contributed by atoms with Crippen LogP contribution >= 0.6 is 15.9 Å². The fraction of sp³-hybridized carbons (Fsp3) is 0.185. The minimum atomic E-state index is -0.921. The summed E-state index contributed by atoms with van der Waals surface area (Å²) in [6.45, 7) is 3.78. The molecule has 192 valence electrons. The molecule has 3 rings (SSSR count). The first-order valence-corrected chi connectivity index (χ1v) is 12.1. The Morgan fingerprint density at radius 2 is 1.68 bits per heavy atom. The third-order valence-electron chi connectivity index (χ3n) is 5.26. The molecule has 0 aromatic heterocycles. The Bertz CT molecular complexity index is 1290. The van der Waals surface area contributed by atoms with Gasteiger partial charge in [-0.15, -0.1) is 0 Å². The number of hydrazone groups is 1. The molecule has 0 radical (unpaired) electrons. The van der Waals surface area contributed by atoms with Crippen molar-refractivity contribution in [1.82, 2.24) is 10.7 Å². The van der Waals surface area contributed by atoms with Crippen molar-refractivity contribution in [2.24, 2.45) is 5.10 Å². The van der Waals surface area contributed by atoms with Crippen LogP contribution in [0, 0.1) is 13.8 Å². The van der Waals surface area contributed by atoms with E-state index in [9.17, 15) is 14.4 Å². The number of ether oxygens (including phenoxy) is 2. The number of para-hydroxylation sites is 1. The van der Waals surface area contributed by atoms with E-state index in [4.69, 9.17) is 9.47 Å². The summed E-state index contributed by atoms with van der Waals surface area (Å²) in [6, 6.07) is 18.0. The van der Waals surface area contributed by atoms with E-state index in [2.05, 4.69) is 37.1 Å². The van der Waals surface area contributed by atoms with Crippen molar-refractivity contribution < 1.29 is 23.9 Å². The summed E-state index contributed by atoms with van der Waals surface area (Å²) in [6.07, 6.45) is 1.33. The van der Waals surface area contributed by atoms with Gasteiger partial charge in [-0.05, 0) is 60.9 Å². The van der Waals surface area contributed by atoms with Crippen LogP contribution in [-0.4, -0.2) is 37.7 Å². The minimum Gasteiger partial charge on any atom is -0.497 e. The number of nitrogens with zero attached hydrogens (tertiary/aromatic N) is 1. The number of halogens is 1. The highest BCUT2D eigenvalue weighted by Gasteiger charge is 2.13. The normalized spacial score (nSPS) is 10.6. The lowest BCUT2D eigenvalue weighted by Gasteiger charge is -2.13. The van der Waals surface area contributed by atoms with Crippen molar-refractivity contribution in [2.75, 3.05) is 19.0 Å². The molecular weight excluding hydrogens is 540 g/mol. The van der Waals surface area contributed by atoms with E-state index >= 15 is 0 Å². The average molecular weight is 567 g/mol. The number of methoxy groups -OCH3 is 1. The molecule has 0 bridgehead atoms. The van der Waals surface area contributed by atoms with E-state index in [0.29, 0.717) is 17.1 Å². The molecule has 0 spiro atoms. The first kappa shape index (κ1) is 27.4. The second-order valence-corrected chi connectivity index (χ2v) is 8.93. The summed E-state index contributed by atoms with van der Waals surface area (Å²) < 4.78 is 11.5. The number of nitrogens with one attached hydrogen (secondary N) is 3. The van der Waals surface area contributed by atoms with Crippen molar-refractivity contribution in [2.45, 2.75) is 20.4 Å². The summed E-state index contributed by atoms with van der Waals surface area (Å²) in [5, 5.41) is 9.25. The van der Waals surface area contributed by atoms with Crippen LogP contribution in [0.15, 0.2) is 70.2 Å². The Morgan fingerprint density at radius 1 is 0.973 bits per heavy atom. The predicted molar refractivity (Wildman–Crippen MR) is 145 cm³/mol. The number of aryl methyl sites for hydroxylation is 2. The number of anilines is 1. The van der Waals surface area contributed by atoms with Crippen molar-refractivity contribution in [3.63, 3.8) is 0 Å². The molecule has 0 aliphatic heterocycles. The van der Waals surface area contributed by atoms with Crippen LogP contribution in [0.1, 0.15) is 22.3 Å². The third kappa shape index (κ3) is 8.18. The maximum Gasteiger partial charge on any atom is 0.329 e. The van der Waals surface area contributed by atoms with Crippen molar-refractivity contribution in [3.05, 3.63) is 87.4 Å². The highest BCUT2D eigenvalue weighted by molar-refractivity contribution is 9.10. The van der Waals surface area contributed by atoms with Gasteiger partial charge in [-0.2, -0.15) is 5.10 Å². The van der Waals surface area contributed by atoms with E-state index < -0.39 is 11.8 Å². The molecule has 0 aliphatic carbocycles. The molecule has 0 aliphatic rings. The van der Waals surface area contributed by atoms with Crippen molar-refractivity contribution >= 4 is 45.6 Å². The van der Waals surface area contributed by atoms with Gasteiger partial charge in [0, 0.05) is 22.3 Å². The SMILES string of the molecule is COc1ccc(CNC(=O)C(=O)N/N=C\c2cc(Br)ccc2OCC(=O)Nc2c(C)cccc2C)cc1. The fourth-order valence-electron chi connectivity index (χ4n) is 3.30. The van der Waals surface area contributed by atoms with Gasteiger partial charge in [0.25, 0.3) is 5.91 Å². The van der Waals surface area contributed by atoms with Crippen LogP contribution in [0.2, 0.25) is 0 Å². The molecule has 0 saturated heterocycles. The summed E-state index contributed by atoms with van der Waals surface area (Å²) in [5.41, 5.74) is 6.15. The van der Waals surface area contributed by atoms with E-state index in [0.717, 1.165) is 26.9 Å². The summed E-state index contributed by atoms with van der Waals surface area (Å²) >= 11 is 3.38. The molecule has 3 aromatic carbocycles. The van der Waals surface area contributed by atoms with E-state index in [1.54, 1.807) is 49.6 Å². The molecule has 0 unspecified atom stereocenters. The van der Waals surface area contributed by atoms with E-state index in [1.165, 1.54) is 6.21 Å². The Balaban J connectivity index is 1.54. The van der Waals surface area contributed by atoms with Gasteiger partial charge in [0.2, 0.25) is 0 Å². The van der Waals surface area contributed by atoms with Gasteiger partial charge in [0.1, 0.15) is 11.5 Å². The zero-order valence-corrected chi connectivity index (χ0v) is 22.2. The number of carbonyl (C=O) groups is 3. The lowest BCUT2D eigenvalue weighted by molar-refractivity contribution is -0.139. The lowest BCUT2D eigenvalue weighted by Crippen LogP contribution is -2.37. The lowest BCUT2D eigenvalue weighted by atomic mass is 10.1. The predicted octanol–water partition coefficient (Wildman–Crippen LogP) is 3.86. The second-order valence-electron chi connectivity index (χ2n) is 8.02. The topological polar surface area (TPSA) is 118 Å². The highest BCUT2D eigenvalue weighted by Crippen LogP contribution is 2.23. The Labute approximate surface area is 223 Å². The van der Waals surface area contributed by atoms with Gasteiger partial charge in [-0.3, -0.25) is 14.4 Å². The fourth-order valence-corrected chi connectivity index (χ4v) is 3.68. The number of amides is 3. The van der Waals surface area contributed by atoms with Crippen LogP contribution in [-0.2, 0) is 20.9 Å². The van der Waals surface area contributed by atoms with Gasteiger partial charge in [0.15, 0.2) is 6.61 Å². The quantitative estimate of drug-likeness (QED) is 0.206. The standard InChI is InChI=1S/C27H27BrN4O5/c1-17-5-4-6-18(2)25(17)31-24(33)16-37-23-12-9-21(28)13-20(23)15-30-32-27(35)26(34)29-14-19-7-10-22(36-3)11-8-19/h4-13,15H,14,16H2,1-3H3,(H,29,34)(H,31,33)(H,32,35)/b30-15-. The molecule has 0 atom stereocenters. The van der Waals surface area contributed by atoms with Crippen LogP contribution in [0.5, 0.6) is 11.5 Å². The van der Waals surface area contributed by atoms with Gasteiger partial charge in [-0.1, -0.05) is 46.3 Å². The number of rotatable bonds is 9. The largest absolute Gasteiger partial charge is 0.497 e. The van der Waals surface area contributed by atoms with Crippen molar-refractivity contribution in [1.29, 1.82) is 0 Å². The van der Waals surface area contributed by atoms with Crippen LogP contribution in [0.4, 0.5) is 5.69 Å². The van der Waals surface area contributed by atoms with Crippen molar-refractivity contribution in [3.8, 4) is 11.5 Å². The minimum absolute atomic E-state index is 0.174. The third-order valence-corrected chi connectivity index (χ3v) is 5.76. The van der Waals surface area contributed by atoms with E-state index in [-0.39, 0.29) is 19.1 Å². The first-order chi connectivity index (χ1) is 17.8. The first-order valence-electron chi connectivity index (χ1n) is 11.3. The monoisotopic (exact) mass is 566 g/mol. The number of carbonyl (C=O) groups excluding carboxylic acids is 3. The molecule has 0 heterocycles. The van der Waals surface area contributed by atoms with Crippen LogP contribution < -0.4 is 25.5 Å². The van der Waals surface area contributed by atoms with Gasteiger partial charge in [0.05, 0.1) is 13.3 Å². The highest BCUT2D eigenvalue weighted by atomic mass is 79.9. The summed E-state index contributed by atoms with van der Waals surface area (Å²) in [5.74, 6) is -0.996. The molecule has 9 nitrogen and oxygen atoms in total. The zero-order valence-electron chi connectivity index (χ0n) is 20.6. The molecule has 3 amide bonds. The maximum atomic E-state index is 12.5. The smallest absolute Gasteiger partial charge is 0.329 e. The maximum absolute atomic E-state index is 12.5. The number of hydrogen-bond acceptors (Lipinski definition) is 6. The zero-order chi connectivity index (χ0) is 26.8. The Hall–Kier alpha value is -4.18. The summed E-state index contributed by atoms with van der Waals surface area (Å²) in [4.78, 5) is 36.6. The van der Waals surface area contributed by atoms with Gasteiger partial charge < -0.3 is 20.1 Å². The van der Waals surface area contributed by atoms with Crippen LogP contribution in [0.25, 0.3) is 0 Å². The Kier molecular flexibility index (Phi) is 9.79. The van der Waals surface area contributed by atoms with E-state index in [1.807, 2.05) is 32.0 Å². The second kappa shape index (κ2) is 13.2.